The molecule has 0 fully saturated rings. The summed E-state index contributed by atoms with van der Waals surface area (Å²) in [7, 11) is -4.26. The molecule has 1 aromatic heterocycles. The monoisotopic (exact) mass is 327 g/mol. The van der Waals surface area contributed by atoms with E-state index in [1.807, 2.05) is 0 Å². The van der Waals surface area contributed by atoms with Crippen LogP contribution in [0.4, 0.5) is 15.1 Å². The number of urea groups is 1. The van der Waals surface area contributed by atoms with Gasteiger partial charge >= 0.3 is 6.03 Å². The van der Waals surface area contributed by atoms with Crippen molar-refractivity contribution in [3.05, 3.63) is 36.9 Å². The Balaban J connectivity index is 2.16. The fourth-order valence-electron chi connectivity index (χ4n) is 1.46. The first-order valence-corrected chi connectivity index (χ1v) is 7.25. The lowest BCUT2D eigenvalue weighted by atomic mass is 10.3. The molecule has 11 heteroatoms. The molecule has 1 heterocycles. The Morgan fingerprint density at radius 1 is 1.23 bits per heavy atom. The summed E-state index contributed by atoms with van der Waals surface area (Å²) in [5.41, 5.74) is 0. The number of halogens is 1. The highest BCUT2D eigenvalue weighted by molar-refractivity contribution is 7.90. The molecule has 2 rings (SSSR count). The molecule has 0 unspecified atom stereocenters. The Bertz CT molecular complexity index is 756. The van der Waals surface area contributed by atoms with Crippen molar-refractivity contribution < 1.29 is 22.3 Å². The number of carbonyl (C=O) groups is 1. The van der Waals surface area contributed by atoms with Crippen molar-refractivity contribution in [1.82, 2.24) is 19.7 Å². The molecule has 1 aromatic carbocycles. The first kappa shape index (κ1) is 15.6. The van der Waals surface area contributed by atoms with Crippen molar-refractivity contribution in [3.8, 4) is 5.75 Å². The molecule has 2 amide bonds. The van der Waals surface area contributed by atoms with Crippen LogP contribution in [0.1, 0.15) is 0 Å². The van der Waals surface area contributed by atoms with Crippen LogP contribution < -0.4 is 14.8 Å². The van der Waals surface area contributed by atoms with Gasteiger partial charge < -0.3 is 4.74 Å². The summed E-state index contributed by atoms with van der Waals surface area (Å²) in [4.78, 5) is 22.0. The second-order valence-corrected chi connectivity index (χ2v) is 5.37. The standard InChI is InChI=1S/C11H10FN5O4S/c12-5-21-8-3-1-2-4-9(8)22(19,20)17-11(18)16-10-14-6-13-7-15-10/h1-4,6-7H,5H2,(H2,13,14,15,16,17,18). The molecule has 0 aliphatic rings. The van der Waals surface area contributed by atoms with E-state index < -0.39 is 22.9 Å². The second kappa shape index (κ2) is 6.76. The molecule has 0 atom stereocenters. The van der Waals surface area contributed by atoms with Crippen LogP contribution in [-0.2, 0) is 10.0 Å². The normalized spacial score (nSPS) is 10.8. The fourth-order valence-corrected chi connectivity index (χ4v) is 2.51. The average molecular weight is 327 g/mol. The molecule has 9 nitrogen and oxygen atoms in total. The average Bonchev–Trinajstić information content (AvgIpc) is 2.48. The molecule has 0 radical (unpaired) electrons. The van der Waals surface area contributed by atoms with E-state index in [-0.39, 0.29) is 16.6 Å². The molecular formula is C11H10FN5O4S. The molecule has 0 aliphatic heterocycles. The summed E-state index contributed by atoms with van der Waals surface area (Å²) in [5.74, 6) is -0.346. The summed E-state index contributed by atoms with van der Waals surface area (Å²) in [6.45, 7) is -1.20. The van der Waals surface area contributed by atoms with Crippen molar-refractivity contribution >= 4 is 22.0 Å². The van der Waals surface area contributed by atoms with Gasteiger partial charge in [-0.3, -0.25) is 5.32 Å². The number of anilines is 1. The summed E-state index contributed by atoms with van der Waals surface area (Å²) in [5, 5.41) is 2.11. The number of hydrogen-bond acceptors (Lipinski definition) is 7. The van der Waals surface area contributed by atoms with Crippen LogP contribution in [0.3, 0.4) is 0 Å². The predicted molar refractivity (Wildman–Crippen MR) is 72.2 cm³/mol. The Morgan fingerprint density at radius 2 is 1.91 bits per heavy atom. The topological polar surface area (TPSA) is 123 Å². The smallest absolute Gasteiger partial charge is 0.335 e. The lowest BCUT2D eigenvalue weighted by Crippen LogP contribution is -2.35. The van der Waals surface area contributed by atoms with Gasteiger partial charge in [-0.1, -0.05) is 12.1 Å². The van der Waals surface area contributed by atoms with Crippen molar-refractivity contribution in [2.24, 2.45) is 0 Å². The Kier molecular flexibility index (Phi) is 4.78. The van der Waals surface area contributed by atoms with E-state index in [0.717, 1.165) is 12.7 Å². The third-order valence-corrected chi connectivity index (χ3v) is 3.66. The SMILES string of the molecule is O=C(Nc1ncncn1)NS(=O)(=O)c1ccccc1OCF. The molecule has 0 aliphatic carbocycles. The van der Waals surface area contributed by atoms with Gasteiger partial charge in [-0.25, -0.2) is 37.3 Å². The maximum Gasteiger partial charge on any atom is 0.335 e. The lowest BCUT2D eigenvalue weighted by molar-refractivity contribution is 0.187. The fraction of sp³-hybridized carbons (Fsp3) is 0.0909. The quantitative estimate of drug-likeness (QED) is 0.828. The van der Waals surface area contributed by atoms with Crippen molar-refractivity contribution in [2.45, 2.75) is 4.90 Å². The zero-order valence-electron chi connectivity index (χ0n) is 10.9. The van der Waals surface area contributed by atoms with Gasteiger partial charge in [0.25, 0.3) is 10.0 Å². The summed E-state index contributed by atoms with van der Waals surface area (Å²) in [6.07, 6.45) is 2.25. The van der Waals surface area contributed by atoms with Crippen molar-refractivity contribution in [1.29, 1.82) is 0 Å². The zero-order valence-corrected chi connectivity index (χ0v) is 11.7. The predicted octanol–water partition coefficient (Wildman–Crippen LogP) is 0.688. The van der Waals surface area contributed by atoms with Gasteiger partial charge in [-0.15, -0.1) is 0 Å². The number of rotatable bonds is 5. The van der Waals surface area contributed by atoms with Crippen LogP contribution in [0, 0.1) is 0 Å². The molecule has 22 heavy (non-hydrogen) atoms. The second-order valence-electron chi connectivity index (χ2n) is 3.72. The summed E-state index contributed by atoms with van der Waals surface area (Å²) >= 11 is 0. The molecule has 0 saturated heterocycles. The van der Waals surface area contributed by atoms with E-state index in [9.17, 15) is 17.6 Å². The van der Waals surface area contributed by atoms with Crippen LogP contribution in [0.5, 0.6) is 5.75 Å². The molecule has 2 aromatic rings. The number of sulfonamides is 1. The Hall–Kier alpha value is -2.82. The van der Waals surface area contributed by atoms with Gasteiger partial charge in [0, 0.05) is 0 Å². The third kappa shape index (κ3) is 3.85. The molecule has 0 bridgehead atoms. The van der Waals surface area contributed by atoms with E-state index in [4.69, 9.17) is 0 Å². The van der Waals surface area contributed by atoms with Gasteiger partial charge in [0.05, 0.1) is 0 Å². The van der Waals surface area contributed by atoms with E-state index in [1.165, 1.54) is 24.3 Å². The van der Waals surface area contributed by atoms with Crippen molar-refractivity contribution in [3.63, 3.8) is 0 Å². The van der Waals surface area contributed by atoms with Crippen LogP contribution in [0.2, 0.25) is 0 Å². The third-order valence-electron chi connectivity index (χ3n) is 2.29. The van der Waals surface area contributed by atoms with Crippen LogP contribution in [0.15, 0.2) is 41.8 Å². The number of ether oxygens (including phenoxy) is 1. The van der Waals surface area contributed by atoms with E-state index in [2.05, 4.69) is 25.0 Å². The number of para-hydroxylation sites is 1. The van der Waals surface area contributed by atoms with Crippen molar-refractivity contribution in [2.75, 3.05) is 12.2 Å². The molecule has 116 valence electrons. The number of amides is 2. The van der Waals surface area contributed by atoms with E-state index in [0.29, 0.717) is 0 Å². The minimum Gasteiger partial charge on any atom is -0.461 e. The molecule has 2 N–H and O–H groups in total. The lowest BCUT2D eigenvalue weighted by Gasteiger charge is -2.10. The van der Waals surface area contributed by atoms with Gasteiger partial charge in [-0.05, 0) is 12.1 Å². The first-order valence-electron chi connectivity index (χ1n) is 5.76. The van der Waals surface area contributed by atoms with Gasteiger partial charge in [0.1, 0.15) is 23.3 Å². The number of carbonyl (C=O) groups excluding carboxylic acids is 1. The van der Waals surface area contributed by atoms with Gasteiger partial charge in [0.15, 0.2) is 0 Å². The van der Waals surface area contributed by atoms with Gasteiger partial charge in [-0.2, -0.15) is 0 Å². The Labute approximate surface area is 124 Å². The number of hydrogen-bond donors (Lipinski definition) is 2. The largest absolute Gasteiger partial charge is 0.461 e. The number of alkyl halides is 1. The maximum absolute atomic E-state index is 12.3. The van der Waals surface area contributed by atoms with Crippen LogP contribution >= 0.6 is 0 Å². The molecular weight excluding hydrogens is 317 g/mol. The zero-order chi connectivity index (χ0) is 16.0. The number of benzene rings is 1. The van der Waals surface area contributed by atoms with E-state index in [1.54, 1.807) is 4.72 Å². The highest BCUT2D eigenvalue weighted by atomic mass is 32.2. The highest BCUT2D eigenvalue weighted by Crippen LogP contribution is 2.23. The molecule has 0 spiro atoms. The number of aromatic nitrogens is 3. The molecule has 0 saturated carbocycles. The maximum atomic E-state index is 12.3. The number of nitrogens with one attached hydrogen (secondary N) is 2. The van der Waals surface area contributed by atoms with Crippen LogP contribution in [0.25, 0.3) is 0 Å². The summed E-state index contributed by atoms with van der Waals surface area (Å²) in [6, 6.07) is 4.22. The highest BCUT2D eigenvalue weighted by Gasteiger charge is 2.22. The number of nitrogens with zero attached hydrogens (tertiary/aromatic N) is 3. The van der Waals surface area contributed by atoms with E-state index >= 15 is 0 Å². The van der Waals surface area contributed by atoms with Gasteiger partial charge in [0.2, 0.25) is 12.8 Å². The van der Waals surface area contributed by atoms with Crippen LogP contribution in [-0.4, -0.2) is 36.3 Å². The minimum atomic E-state index is -4.26. The minimum absolute atomic E-state index is 0.129. The first-order chi connectivity index (χ1) is 10.5. The Morgan fingerprint density at radius 3 is 2.59 bits per heavy atom. The summed E-state index contributed by atoms with van der Waals surface area (Å²) < 4.78 is 42.8.